The predicted octanol–water partition coefficient (Wildman–Crippen LogP) is 3.53. The van der Waals surface area contributed by atoms with Crippen molar-refractivity contribution in [1.82, 2.24) is 0 Å². The fraction of sp³-hybridized carbons (Fsp3) is 0.188. The number of carbonyl (C=O) groups is 1. The Bertz CT molecular complexity index is 697. The normalized spacial score (nSPS) is 13.4. The van der Waals surface area contributed by atoms with Gasteiger partial charge in [0.2, 0.25) is 0 Å². The summed E-state index contributed by atoms with van der Waals surface area (Å²) >= 11 is 0. The van der Waals surface area contributed by atoms with Crippen LogP contribution in [0.3, 0.4) is 0 Å². The van der Waals surface area contributed by atoms with Gasteiger partial charge in [-0.25, -0.2) is 9.18 Å². The average Bonchev–Trinajstić information content (AvgIpc) is 2.81. The number of aromatic carboxylic acids is 1. The van der Waals surface area contributed by atoms with Crippen molar-refractivity contribution in [3.63, 3.8) is 0 Å². The van der Waals surface area contributed by atoms with Gasteiger partial charge in [0.1, 0.15) is 5.82 Å². The molecular formula is C16H14FNO2. The summed E-state index contributed by atoms with van der Waals surface area (Å²) in [6, 6.07) is 9.89. The van der Waals surface area contributed by atoms with Crippen LogP contribution in [0.15, 0.2) is 36.4 Å². The molecule has 4 heteroatoms. The molecule has 20 heavy (non-hydrogen) atoms. The molecule has 0 aromatic heterocycles. The topological polar surface area (TPSA) is 40.5 Å². The van der Waals surface area contributed by atoms with E-state index in [2.05, 4.69) is 0 Å². The molecule has 2 aromatic rings. The fourth-order valence-corrected chi connectivity index (χ4v) is 2.65. The van der Waals surface area contributed by atoms with Crippen molar-refractivity contribution in [1.29, 1.82) is 0 Å². The lowest BCUT2D eigenvalue weighted by atomic mass is 10.1. The van der Waals surface area contributed by atoms with Crippen molar-refractivity contribution in [2.75, 3.05) is 11.4 Å². The third-order valence-electron chi connectivity index (χ3n) is 3.62. The van der Waals surface area contributed by atoms with Crippen LogP contribution in [0.5, 0.6) is 0 Å². The molecule has 0 spiro atoms. The Morgan fingerprint density at radius 3 is 2.75 bits per heavy atom. The van der Waals surface area contributed by atoms with Crippen molar-refractivity contribution in [2.24, 2.45) is 0 Å². The number of nitrogens with zero attached hydrogens (tertiary/aromatic N) is 1. The number of benzene rings is 2. The van der Waals surface area contributed by atoms with Gasteiger partial charge in [-0.1, -0.05) is 12.1 Å². The first-order valence-electron chi connectivity index (χ1n) is 6.46. The first-order chi connectivity index (χ1) is 9.56. The van der Waals surface area contributed by atoms with Gasteiger partial charge in [-0.3, -0.25) is 0 Å². The second kappa shape index (κ2) is 4.63. The summed E-state index contributed by atoms with van der Waals surface area (Å²) in [6.07, 6.45) is 0.794. The van der Waals surface area contributed by atoms with E-state index in [0.29, 0.717) is 12.2 Å². The summed E-state index contributed by atoms with van der Waals surface area (Å²) in [5.74, 6) is -1.27. The summed E-state index contributed by atoms with van der Waals surface area (Å²) < 4.78 is 13.4. The molecule has 0 amide bonds. The van der Waals surface area contributed by atoms with Gasteiger partial charge in [-0.05, 0) is 48.7 Å². The van der Waals surface area contributed by atoms with Crippen molar-refractivity contribution in [2.45, 2.75) is 13.3 Å². The van der Waals surface area contributed by atoms with E-state index in [1.165, 1.54) is 12.1 Å². The molecule has 0 radical (unpaired) electrons. The number of carboxylic acid groups (broad SMARTS) is 1. The molecule has 0 saturated carbocycles. The Morgan fingerprint density at radius 2 is 2.00 bits per heavy atom. The lowest BCUT2D eigenvalue weighted by Crippen LogP contribution is -2.17. The monoisotopic (exact) mass is 271 g/mol. The van der Waals surface area contributed by atoms with E-state index in [1.807, 2.05) is 17.9 Å². The summed E-state index contributed by atoms with van der Waals surface area (Å²) in [5.41, 5.74) is 3.66. The number of fused-ring (bicyclic) bond motifs is 1. The quantitative estimate of drug-likeness (QED) is 0.908. The van der Waals surface area contributed by atoms with E-state index < -0.39 is 5.97 Å². The number of aryl methyl sites for hydroxylation is 1. The Hall–Kier alpha value is -2.36. The summed E-state index contributed by atoms with van der Waals surface area (Å²) in [6.45, 7) is 2.58. The molecular weight excluding hydrogens is 257 g/mol. The van der Waals surface area contributed by atoms with E-state index >= 15 is 0 Å². The van der Waals surface area contributed by atoms with Crippen LogP contribution < -0.4 is 4.90 Å². The first kappa shape index (κ1) is 12.7. The molecule has 3 nitrogen and oxygen atoms in total. The maximum absolute atomic E-state index is 13.4. The smallest absolute Gasteiger partial charge is 0.337 e. The maximum atomic E-state index is 13.4. The number of rotatable bonds is 2. The summed E-state index contributed by atoms with van der Waals surface area (Å²) in [4.78, 5) is 13.3. The van der Waals surface area contributed by atoms with Crippen LogP contribution >= 0.6 is 0 Å². The number of halogens is 1. The number of anilines is 2. The minimum atomic E-state index is -0.968. The van der Waals surface area contributed by atoms with Gasteiger partial charge in [-0.15, -0.1) is 0 Å². The van der Waals surface area contributed by atoms with Gasteiger partial charge in [0.05, 0.1) is 11.3 Å². The van der Waals surface area contributed by atoms with Crippen molar-refractivity contribution in [3.05, 3.63) is 58.9 Å². The largest absolute Gasteiger partial charge is 0.478 e. The zero-order chi connectivity index (χ0) is 14.3. The Kier molecular flexibility index (Phi) is 2.93. The lowest BCUT2D eigenvalue weighted by Gasteiger charge is -2.22. The molecule has 0 atom stereocenters. The van der Waals surface area contributed by atoms with Crippen LogP contribution in [0.1, 0.15) is 21.5 Å². The molecule has 0 fully saturated rings. The van der Waals surface area contributed by atoms with E-state index in [9.17, 15) is 14.3 Å². The van der Waals surface area contributed by atoms with E-state index in [0.717, 1.165) is 23.2 Å². The van der Waals surface area contributed by atoms with Crippen LogP contribution in [-0.2, 0) is 6.42 Å². The van der Waals surface area contributed by atoms with Crippen LogP contribution in [0.2, 0.25) is 0 Å². The molecule has 0 unspecified atom stereocenters. The predicted molar refractivity (Wildman–Crippen MR) is 75.2 cm³/mol. The third-order valence-corrected chi connectivity index (χ3v) is 3.62. The van der Waals surface area contributed by atoms with Gasteiger partial charge < -0.3 is 10.0 Å². The van der Waals surface area contributed by atoms with E-state index in [-0.39, 0.29) is 11.4 Å². The Labute approximate surface area is 116 Å². The molecule has 3 rings (SSSR count). The van der Waals surface area contributed by atoms with E-state index in [1.54, 1.807) is 18.2 Å². The molecule has 2 aromatic carbocycles. The molecule has 1 heterocycles. The van der Waals surface area contributed by atoms with Crippen LogP contribution in [-0.4, -0.2) is 17.6 Å². The zero-order valence-electron chi connectivity index (χ0n) is 11.1. The second-order valence-corrected chi connectivity index (χ2v) is 5.00. The maximum Gasteiger partial charge on any atom is 0.337 e. The Morgan fingerprint density at radius 1 is 1.20 bits per heavy atom. The summed E-state index contributed by atoms with van der Waals surface area (Å²) in [5, 5.41) is 9.32. The number of hydrogen-bond acceptors (Lipinski definition) is 2. The van der Waals surface area contributed by atoms with Crippen LogP contribution in [0, 0.1) is 12.7 Å². The highest BCUT2D eigenvalue weighted by Crippen LogP contribution is 2.37. The molecule has 102 valence electrons. The van der Waals surface area contributed by atoms with Gasteiger partial charge in [0.25, 0.3) is 0 Å². The molecule has 0 saturated heterocycles. The molecule has 1 aliphatic heterocycles. The standard InChI is InChI=1S/C16H14FNO2/c1-10-2-5-13(16(19)20)15(8-10)18-7-6-11-3-4-12(17)9-14(11)18/h2-5,8-9H,6-7H2,1H3,(H,19,20). The van der Waals surface area contributed by atoms with Crippen molar-refractivity contribution >= 4 is 17.3 Å². The van der Waals surface area contributed by atoms with Gasteiger partial charge in [0, 0.05) is 12.2 Å². The zero-order valence-corrected chi connectivity index (χ0v) is 11.1. The minimum absolute atomic E-state index is 0.243. The van der Waals surface area contributed by atoms with Gasteiger partial charge >= 0.3 is 5.97 Å². The van der Waals surface area contributed by atoms with Gasteiger partial charge in [0.15, 0.2) is 0 Å². The lowest BCUT2D eigenvalue weighted by molar-refractivity contribution is 0.0697. The average molecular weight is 271 g/mol. The fourth-order valence-electron chi connectivity index (χ4n) is 2.65. The summed E-state index contributed by atoms with van der Waals surface area (Å²) in [7, 11) is 0. The minimum Gasteiger partial charge on any atom is -0.478 e. The van der Waals surface area contributed by atoms with Crippen LogP contribution in [0.25, 0.3) is 0 Å². The first-order valence-corrected chi connectivity index (χ1v) is 6.46. The molecule has 0 aliphatic carbocycles. The number of hydrogen-bond donors (Lipinski definition) is 1. The van der Waals surface area contributed by atoms with Gasteiger partial charge in [-0.2, -0.15) is 0 Å². The highest BCUT2D eigenvalue weighted by Gasteiger charge is 2.24. The van der Waals surface area contributed by atoms with Crippen LogP contribution in [0.4, 0.5) is 15.8 Å². The molecule has 0 bridgehead atoms. The Balaban J connectivity index is 2.14. The van der Waals surface area contributed by atoms with Crippen molar-refractivity contribution in [3.8, 4) is 0 Å². The number of carboxylic acids is 1. The SMILES string of the molecule is Cc1ccc(C(=O)O)c(N2CCc3ccc(F)cc32)c1. The molecule has 1 N–H and O–H groups in total. The highest BCUT2D eigenvalue weighted by atomic mass is 19.1. The second-order valence-electron chi connectivity index (χ2n) is 5.00. The van der Waals surface area contributed by atoms with E-state index in [4.69, 9.17) is 0 Å². The van der Waals surface area contributed by atoms with Crippen molar-refractivity contribution < 1.29 is 14.3 Å². The third kappa shape index (κ3) is 2.03. The highest BCUT2D eigenvalue weighted by molar-refractivity contribution is 5.96. The molecule has 1 aliphatic rings.